The van der Waals surface area contributed by atoms with Gasteiger partial charge in [0.15, 0.2) is 0 Å². The van der Waals surface area contributed by atoms with Gasteiger partial charge in [-0.3, -0.25) is 0 Å². The summed E-state index contributed by atoms with van der Waals surface area (Å²) < 4.78 is 5.47. The van der Waals surface area contributed by atoms with Crippen molar-refractivity contribution in [1.29, 1.82) is 0 Å². The van der Waals surface area contributed by atoms with Crippen LogP contribution in [-0.4, -0.2) is 11.4 Å². The summed E-state index contributed by atoms with van der Waals surface area (Å²) >= 11 is 1.99. The molecule has 342 valence electrons. The first kappa shape index (κ1) is 41.4. The fourth-order valence-corrected chi connectivity index (χ4v) is 15.7. The van der Waals surface area contributed by atoms with Gasteiger partial charge in [-0.15, -0.1) is 11.3 Å². The first-order valence-corrected chi connectivity index (χ1v) is 26.6. The molecule has 0 atom stereocenters. The fourth-order valence-electron chi connectivity index (χ4n) is 14.5. The highest BCUT2D eigenvalue weighted by molar-refractivity contribution is 7.25. The summed E-state index contributed by atoms with van der Waals surface area (Å²) in [6.45, 7) is 26.5. The minimum absolute atomic E-state index is 0.0369. The van der Waals surface area contributed by atoms with Crippen LogP contribution in [0.25, 0.3) is 81.0 Å². The Kier molecular flexibility index (Phi) is 7.66. The predicted molar refractivity (Wildman–Crippen MR) is 302 cm³/mol. The third-order valence-corrected chi connectivity index (χ3v) is 19.7. The molecule has 70 heavy (non-hydrogen) atoms. The largest absolute Gasteiger partial charge is 0.376 e. The first-order valence-electron chi connectivity index (χ1n) is 25.8. The Hall–Kier alpha value is -6.36. The lowest BCUT2D eigenvalue weighted by Crippen LogP contribution is -2.60. The van der Waals surface area contributed by atoms with E-state index in [1.807, 2.05) is 11.3 Å². The Balaban J connectivity index is 1.09. The molecule has 0 radical (unpaired) electrons. The van der Waals surface area contributed by atoms with Crippen LogP contribution in [-0.2, 0) is 27.1 Å². The van der Waals surface area contributed by atoms with Crippen molar-refractivity contribution in [3.05, 3.63) is 172 Å². The molecule has 2 aromatic heterocycles. The van der Waals surface area contributed by atoms with E-state index >= 15 is 0 Å². The highest BCUT2D eigenvalue weighted by atomic mass is 32.1. The lowest BCUT2D eigenvalue weighted by molar-refractivity contribution is 0.332. The van der Waals surface area contributed by atoms with E-state index in [1.54, 1.807) is 0 Å². The summed E-state index contributed by atoms with van der Waals surface area (Å²) in [4.78, 5) is 2.76. The van der Waals surface area contributed by atoms with E-state index in [2.05, 4.69) is 219 Å². The molecule has 4 heterocycles. The summed E-state index contributed by atoms with van der Waals surface area (Å²) in [7, 11) is 0. The molecule has 2 nitrogen and oxygen atoms in total. The van der Waals surface area contributed by atoms with Crippen LogP contribution >= 0.6 is 11.3 Å². The number of nitrogens with zero attached hydrogens (tertiary/aromatic N) is 2. The van der Waals surface area contributed by atoms with Crippen molar-refractivity contribution in [1.82, 2.24) is 4.57 Å². The van der Waals surface area contributed by atoms with Gasteiger partial charge in [0, 0.05) is 64.4 Å². The first-order chi connectivity index (χ1) is 33.3. The Labute approximate surface area is 417 Å². The molecule has 0 amide bonds. The van der Waals surface area contributed by atoms with Gasteiger partial charge in [-0.2, -0.15) is 0 Å². The van der Waals surface area contributed by atoms with Crippen LogP contribution in [0.3, 0.4) is 0 Å². The van der Waals surface area contributed by atoms with Gasteiger partial charge in [-0.1, -0.05) is 155 Å². The van der Waals surface area contributed by atoms with Gasteiger partial charge in [0.05, 0.1) is 11.0 Å². The summed E-state index contributed by atoms with van der Waals surface area (Å²) in [5, 5.41) is 5.45. The van der Waals surface area contributed by atoms with Gasteiger partial charge in [0.1, 0.15) is 0 Å². The minimum Gasteiger partial charge on any atom is -0.376 e. The molecule has 3 aliphatic carbocycles. The van der Waals surface area contributed by atoms with E-state index in [1.165, 1.54) is 155 Å². The number of fused-ring (bicyclic) bond motifs is 18. The molecule has 0 bridgehead atoms. The molecule has 0 saturated carbocycles. The van der Waals surface area contributed by atoms with Gasteiger partial charge < -0.3 is 9.38 Å². The molecule has 0 saturated heterocycles. The molecule has 15 rings (SSSR count). The summed E-state index contributed by atoms with van der Waals surface area (Å²) in [5.41, 5.74) is 27.5. The average Bonchev–Trinajstić information content (AvgIpc) is 4.00. The Morgan fingerprint density at radius 1 is 0.471 bits per heavy atom. The third kappa shape index (κ3) is 5.06. The molecule has 4 heteroatoms. The number of benzene rings is 8. The molecule has 5 aliphatic rings. The van der Waals surface area contributed by atoms with Crippen LogP contribution in [0.4, 0.5) is 11.4 Å². The molecule has 2 aliphatic heterocycles. The molecule has 0 N–H and O–H groups in total. The maximum Gasteiger partial charge on any atom is 0.333 e. The van der Waals surface area contributed by atoms with Crippen molar-refractivity contribution in [3.8, 4) is 39.1 Å². The molecular formula is C66H59BN2S. The van der Waals surface area contributed by atoms with Crippen molar-refractivity contribution >= 4 is 82.5 Å². The second kappa shape index (κ2) is 12.9. The van der Waals surface area contributed by atoms with Crippen molar-refractivity contribution in [2.24, 2.45) is 0 Å². The lowest BCUT2D eigenvalue weighted by Gasteiger charge is -2.42. The maximum absolute atomic E-state index is 2.76. The monoisotopic (exact) mass is 922 g/mol. The summed E-state index contributed by atoms with van der Waals surface area (Å²) in [6.07, 6.45) is 2.42. The summed E-state index contributed by atoms with van der Waals surface area (Å²) in [5.74, 6) is 0. The second-order valence-electron chi connectivity index (χ2n) is 25.2. The quantitative estimate of drug-likeness (QED) is 0.149. The average molecular weight is 923 g/mol. The standard InChI is InChI=1S/C66H59BN2S/c1-62(2,3)36-20-22-37(23-21-36)69-56-32-47-46-29-52-53(64(6,7)27-26-63(52,4)5)35-59(46)70-58(47)33-45(56)40-24-25-41-44-28-50-42(38-16-12-14-18-48(38)65(50,8)9)30-55(44)68-57-31-43-39-17-13-15-19-49(39)66(10,11)51(43)34-54(57)67(69)60(40)61(41)68/h12-25,28-35H,26-27H2,1-11H3. The minimum atomic E-state index is -0.153. The fraction of sp³-hybridized carbons (Fsp3) is 0.273. The van der Waals surface area contributed by atoms with Crippen molar-refractivity contribution in [3.63, 3.8) is 0 Å². The van der Waals surface area contributed by atoms with Crippen LogP contribution in [0, 0.1) is 0 Å². The zero-order valence-electron chi connectivity index (χ0n) is 42.5. The van der Waals surface area contributed by atoms with Crippen LogP contribution in [0.2, 0.25) is 0 Å². The smallest absolute Gasteiger partial charge is 0.333 e. The number of rotatable bonds is 1. The Bertz CT molecular complexity index is 4050. The normalized spacial score (nSPS) is 17.9. The summed E-state index contributed by atoms with van der Waals surface area (Å²) in [6, 6.07) is 53.6. The van der Waals surface area contributed by atoms with E-state index in [4.69, 9.17) is 0 Å². The second-order valence-corrected chi connectivity index (χ2v) is 26.3. The van der Waals surface area contributed by atoms with Crippen molar-refractivity contribution < 1.29 is 0 Å². The topological polar surface area (TPSA) is 8.17 Å². The Morgan fingerprint density at radius 3 is 1.73 bits per heavy atom. The molecule has 10 aromatic rings. The zero-order chi connectivity index (χ0) is 47.9. The SMILES string of the molecule is CC(C)(C)c1ccc(N2B3c4cc5c(cc4-n4c6cc7c(cc6c6ccc(c3c64)-c3cc4sc6cc8c(cc6c4cc32)C(C)(C)CCC8(C)C)C(C)(C)c2ccccc2-7)-c2ccccc2C5(C)C)cc1. The van der Waals surface area contributed by atoms with E-state index in [-0.39, 0.29) is 33.9 Å². The number of thiophene rings is 1. The van der Waals surface area contributed by atoms with Crippen molar-refractivity contribution in [2.75, 3.05) is 4.81 Å². The van der Waals surface area contributed by atoms with Gasteiger partial charge in [0.25, 0.3) is 0 Å². The van der Waals surface area contributed by atoms with E-state index in [0.717, 1.165) is 0 Å². The van der Waals surface area contributed by atoms with Gasteiger partial charge >= 0.3 is 6.85 Å². The van der Waals surface area contributed by atoms with Gasteiger partial charge in [-0.25, -0.2) is 0 Å². The number of hydrogen-bond donors (Lipinski definition) is 0. The Morgan fingerprint density at radius 2 is 1.06 bits per heavy atom. The third-order valence-electron chi connectivity index (χ3n) is 18.6. The molecule has 0 spiro atoms. The van der Waals surface area contributed by atoms with E-state index in [9.17, 15) is 0 Å². The van der Waals surface area contributed by atoms with Crippen LogP contribution in [0.1, 0.15) is 128 Å². The lowest BCUT2D eigenvalue weighted by atomic mass is 9.43. The predicted octanol–water partition coefficient (Wildman–Crippen LogP) is 16.6. The highest BCUT2D eigenvalue weighted by Crippen LogP contribution is 2.56. The number of aromatic nitrogens is 1. The van der Waals surface area contributed by atoms with Crippen molar-refractivity contribution in [2.45, 2.75) is 116 Å². The maximum atomic E-state index is 2.76. The van der Waals surface area contributed by atoms with Crippen LogP contribution in [0.5, 0.6) is 0 Å². The molecular weight excluding hydrogens is 864 g/mol. The zero-order valence-corrected chi connectivity index (χ0v) is 43.3. The van der Waals surface area contributed by atoms with E-state index < -0.39 is 0 Å². The highest BCUT2D eigenvalue weighted by Gasteiger charge is 2.47. The van der Waals surface area contributed by atoms with Gasteiger partial charge in [0.2, 0.25) is 0 Å². The van der Waals surface area contributed by atoms with Crippen LogP contribution in [0.15, 0.2) is 133 Å². The number of hydrogen-bond acceptors (Lipinski definition) is 2. The molecule has 0 unspecified atom stereocenters. The van der Waals surface area contributed by atoms with Gasteiger partial charge in [-0.05, 0) is 161 Å². The molecule has 8 aromatic carbocycles. The molecule has 0 fully saturated rings. The van der Waals surface area contributed by atoms with Crippen LogP contribution < -0.4 is 15.7 Å². The van der Waals surface area contributed by atoms with E-state index in [0.29, 0.717) is 0 Å². The number of anilines is 2.